The van der Waals surface area contributed by atoms with Crippen LogP contribution in [0.3, 0.4) is 0 Å². The predicted molar refractivity (Wildman–Crippen MR) is 85.2 cm³/mol. The van der Waals surface area contributed by atoms with Gasteiger partial charge >= 0.3 is 0 Å². The second kappa shape index (κ2) is 7.68. The zero-order chi connectivity index (χ0) is 14.4. The molecule has 3 heteroatoms. The van der Waals surface area contributed by atoms with Crippen molar-refractivity contribution in [3.05, 3.63) is 29.8 Å². The van der Waals surface area contributed by atoms with Gasteiger partial charge in [-0.3, -0.25) is 4.79 Å². The number of anilines is 1. The minimum atomic E-state index is -0.307. The van der Waals surface area contributed by atoms with E-state index in [-0.39, 0.29) is 5.24 Å². The molecule has 2 nitrogen and oxygen atoms in total. The fraction of sp³-hybridized carbons (Fsp3) is 0.588. The van der Waals surface area contributed by atoms with Crippen LogP contribution in [0.2, 0.25) is 0 Å². The molecule has 0 saturated heterocycles. The van der Waals surface area contributed by atoms with Crippen LogP contribution >= 0.6 is 11.6 Å². The van der Waals surface area contributed by atoms with E-state index < -0.39 is 0 Å². The molecule has 1 aliphatic carbocycles. The van der Waals surface area contributed by atoms with Crippen molar-refractivity contribution in [3.8, 4) is 0 Å². The van der Waals surface area contributed by atoms with Crippen molar-refractivity contribution in [2.45, 2.75) is 45.4 Å². The van der Waals surface area contributed by atoms with Crippen LogP contribution < -0.4 is 5.32 Å². The number of halogens is 1. The lowest BCUT2D eigenvalue weighted by Gasteiger charge is -2.22. The lowest BCUT2D eigenvalue weighted by atomic mass is 9.88. The van der Waals surface area contributed by atoms with Crippen LogP contribution in [0.25, 0.3) is 0 Å². The Morgan fingerprint density at radius 2 is 1.95 bits per heavy atom. The number of rotatable bonds is 7. The van der Waals surface area contributed by atoms with Gasteiger partial charge < -0.3 is 5.32 Å². The molecule has 1 aliphatic rings. The number of carbonyl (C=O) groups is 1. The van der Waals surface area contributed by atoms with Gasteiger partial charge in [0.15, 0.2) is 0 Å². The van der Waals surface area contributed by atoms with E-state index >= 15 is 0 Å². The maximum absolute atomic E-state index is 10.8. The molecule has 20 heavy (non-hydrogen) atoms. The molecule has 0 bridgehead atoms. The van der Waals surface area contributed by atoms with Crippen molar-refractivity contribution in [1.29, 1.82) is 0 Å². The van der Waals surface area contributed by atoms with E-state index in [1.165, 1.54) is 32.1 Å². The molecule has 1 aromatic rings. The second-order valence-electron chi connectivity index (χ2n) is 5.82. The Balaban J connectivity index is 1.84. The zero-order valence-electron chi connectivity index (χ0n) is 12.2. The summed E-state index contributed by atoms with van der Waals surface area (Å²) in [5, 5.41) is 3.23. The molecule has 1 fully saturated rings. The monoisotopic (exact) mass is 293 g/mol. The summed E-state index contributed by atoms with van der Waals surface area (Å²) in [5.41, 5.74) is 2.10. The van der Waals surface area contributed by atoms with Crippen LogP contribution in [-0.2, 0) is 11.2 Å². The Morgan fingerprint density at radius 1 is 1.30 bits per heavy atom. The van der Waals surface area contributed by atoms with Gasteiger partial charge in [0.2, 0.25) is 5.24 Å². The summed E-state index contributed by atoms with van der Waals surface area (Å²) in [4.78, 5) is 10.8. The Kier molecular flexibility index (Phi) is 5.90. The van der Waals surface area contributed by atoms with Crippen LogP contribution in [0.5, 0.6) is 0 Å². The summed E-state index contributed by atoms with van der Waals surface area (Å²) in [6, 6.07) is 8.02. The molecule has 0 spiro atoms. The van der Waals surface area contributed by atoms with Crippen LogP contribution in [0.15, 0.2) is 24.3 Å². The highest BCUT2D eigenvalue weighted by atomic mass is 35.5. The normalized spacial score (nSPS) is 17.1. The number of nitrogens with one attached hydrogen (secondary N) is 1. The molecular formula is C17H24ClNO. The third-order valence-corrected chi connectivity index (χ3v) is 4.59. The summed E-state index contributed by atoms with van der Waals surface area (Å²) in [6.07, 6.45) is 7.16. The standard InChI is InChI=1S/C17H24ClNO/c1-2-14(15-5-3-4-6-15)12-19-16-9-7-13(8-10-16)11-17(18)20/h7-10,14-15,19H,2-6,11-12H2,1H3. The molecule has 1 N–H and O–H groups in total. The molecule has 1 unspecified atom stereocenters. The molecular weight excluding hydrogens is 270 g/mol. The average Bonchev–Trinajstić information content (AvgIpc) is 2.95. The summed E-state index contributed by atoms with van der Waals surface area (Å²) < 4.78 is 0. The van der Waals surface area contributed by atoms with Gasteiger partial charge in [-0.2, -0.15) is 0 Å². The van der Waals surface area contributed by atoms with Gasteiger partial charge in [-0.05, 0) is 41.1 Å². The molecule has 0 aliphatic heterocycles. The maximum Gasteiger partial charge on any atom is 0.226 e. The van der Waals surface area contributed by atoms with E-state index in [2.05, 4.69) is 12.2 Å². The van der Waals surface area contributed by atoms with Crippen LogP contribution in [-0.4, -0.2) is 11.8 Å². The van der Waals surface area contributed by atoms with Crippen molar-refractivity contribution in [2.24, 2.45) is 11.8 Å². The SMILES string of the molecule is CCC(CNc1ccc(CC(=O)Cl)cc1)C1CCCC1. The second-order valence-corrected chi connectivity index (χ2v) is 6.24. The largest absolute Gasteiger partial charge is 0.385 e. The van der Waals surface area contributed by atoms with Gasteiger partial charge in [0.05, 0.1) is 0 Å². The fourth-order valence-corrected chi connectivity index (χ4v) is 3.38. The topological polar surface area (TPSA) is 29.1 Å². The molecule has 0 heterocycles. The van der Waals surface area contributed by atoms with Gasteiger partial charge in [0.1, 0.15) is 0 Å². The molecule has 2 rings (SSSR count). The van der Waals surface area contributed by atoms with Gasteiger partial charge in [-0.15, -0.1) is 0 Å². The molecule has 0 amide bonds. The lowest BCUT2D eigenvalue weighted by Crippen LogP contribution is -2.20. The van der Waals surface area contributed by atoms with E-state index in [1.807, 2.05) is 24.3 Å². The van der Waals surface area contributed by atoms with E-state index in [0.29, 0.717) is 6.42 Å². The smallest absolute Gasteiger partial charge is 0.226 e. The highest BCUT2D eigenvalue weighted by molar-refractivity contribution is 6.63. The number of benzene rings is 1. The molecule has 1 aromatic carbocycles. The first kappa shape index (κ1) is 15.4. The average molecular weight is 294 g/mol. The maximum atomic E-state index is 10.8. The summed E-state index contributed by atoms with van der Waals surface area (Å²) >= 11 is 5.39. The van der Waals surface area contributed by atoms with Gasteiger partial charge in [-0.25, -0.2) is 0 Å². The Hall–Kier alpha value is -1.02. The molecule has 110 valence electrons. The van der Waals surface area contributed by atoms with Crippen molar-refractivity contribution in [1.82, 2.24) is 0 Å². The Bertz CT molecular complexity index is 423. The van der Waals surface area contributed by atoms with Crippen molar-refractivity contribution in [3.63, 3.8) is 0 Å². The predicted octanol–water partition coefficient (Wildman–Crippen LogP) is 4.62. The van der Waals surface area contributed by atoms with Crippen molar-refractivity contribution >= 4 is 22.5 Å². The van der Waals surface area contributed by atoms with E-state index in [9.17, 15) is 4.79 Å². The van der Waals surface area contributed by atoms with Crippen LogP contribution in [0.4, 0.5) is 5.69 Å². The minimum Gasteiger partial charge on any atom is -0.385 e. The Morgan fingerprint density at radius 3 is 2.50 bits per heavy atom. The summed E-state index contributed by atoms with van der Waals surface area (Å²) in [6.45, 7) is 3.34. The van der Waals surface area contributed by atoms with Gasteiger partial charge in [-0.1, -0.05) is 51.2 Å². The van der Waals surface area contributed by atoms with Gasteiger partial charge in [0, 0.05) is 18.7 Å². The molecule has 1 atom stereocenters. The Labute approximate surface area is 126 Å². The lowest BCUT2D eigenvalue weighted by molar-refractivity contribution is -0.111. The molecule has 1 saturated carbocycles. The van der Waals surface area contributed by atoms with Crippen LogP contribution in [0, 0.1) is 11.8 Å². The fourth-order valence-electron chi connectivity index (χ4n) is 3.22. The zero-order valence-corrected chi connectivity index (χ0v) is 13.0. The van der Waals surface area contributed by atoms with E-state index in [0.717, 1.165) is 29.6 Å². The first-order valence-corrected chi connectivity index (χ1v) is 8.08. The number of hydrogen-bond donors (Lipinski definition) is 1. The summed E-state index contributed by atoms with van der Waals surface area (Å²) in [7, 11) is 0. The highest BCUT2D eigenvalue weighted by Crippen LogP contribution is 2.33. The van der Waals surface area contributed by atoms with Crippen LogP contribution in [0.1, 0.15) is 44.6 Å². The molecule has 0 radical (unpaired) electrons. The minimum absolute atomic E-state index is 0.307. The van der Waals surface area contributed by atoms with E-state index in [1.54, 1.807) is 0 Å². The quantitative estimate of drug-likeness (QED) is 0.743. The molecule has 0 aromatic heterocycles. The third-order valence-electron chi connectivity index (χ3n) is 4.46. The first-order chi connectivity index (χ1) is 9.69. The number of hydrogen-bond acceptors (Lipinski definition) is 2. The first-order valence-electron chi connectivity index (χ1n) is 7.70. The van der Waals surface area contributed by atoms with Gasteiger partial charge in [0.25, 0.3) is 0 Å². The van der Waals surface area contributed by atoms with Crippen molar-refractivity contribution < 1.29 is 4.79 Å². The van der Waals surface area contributed by atoms with Crippen molar-refractivity contribution in [2.75, 3.05) is 11.9 Å². The third kappa shape index (κ3) is 4.52. The van der Waals surface area contributed by atoms with E-state index in [4.69, 9.17) is 11.6 Å². The highest BCUT2D eigenvalue weighted by Gasteiger charge is 2.23. The number of carbonyl (C=O) groups excluding carboxylic acids is 1. The summed E-state index contributed by atoms with van der Waals surface area (Å²) in [5.74, 6) is 1.68.